The summed E-state index contributed by atoms with van der Waals surface area (Å²) < 4.78 is 57.5. The van der Waals surface area contributed by atoms with Crippen LogP contribution in [0.5, 0.6) is 23.0 Å². The number of furan rings is 2. The Morgan fingerprint density at radius 2 is 1.09 bits per heavy atom. The molecule has 3 fully saturated rings. The number of benzene rings is 2. The molecule has 81 heavy (non-hydrogen) atoms. The predicted molar refractivity (Wildman–Crippen MR) is 306 cm³/mol. The van der Waals surface area contributed by atoms with E-state index in [-0.39, 0.29) is 36.2 Å². The van der Waals surface area contributed by atoms with Crippen LogP contribution in [0.4, 0.5) is 0 Å². The summed E-state index contributed by atoms with van der Waals surface area (Å²) in [6.45, 7) is 13.7. The van der Waals surface area contributed by atoms with E-state index in [0.717, 1.165) is 42.3 Å². The number of ether oxygens (including phenoxy) is 6. The predicted octanol–water partition coefficient (Wildman–Crippen LogP) is 11.8. The van der Waals surface area contributed by atoms with Crippen LogP contribution in [0.3, 0.4) is 0 Å². The lowest BCUT2D eigenvalue weighted by Gasteiger charge is -2.32. The number of rotatable bonds is 12. The van der Waals surface area contributed by atoms with Crippen molar-refractivity contribution in [1.29, 1.82) is 10.5 Å². The van der Waals surface area contributed by atoms with E-state index in [1.54, 1.807) is 54.9 Å². The lowest BCUT2D eigenvalue weighted by Crippen LogP contribution is -2.41. The summed E-state index contributed by atoms with van der Waals surface area (Å²) in [5.41, 5.74) is 6.81. The highest BCUT2D eigenvalue weighted by Crippen LogP contribution is 2.40. The van der Waals surface area contributed by atoms with Crippen molar-refractivity contribution in [3.05, 3.63) is 125 Å². The minimum atomic E-state index is -0.473. The quantitative estimate of drug-likeness (QED) is 0.0817. The molecule has 0 amide bonds. The standard InChI is InChI=1S/C27H23N3O5.C18H24BNO4.C15H11ClN2O3.ClH/c1-16(31)19-12-24(32-2)26(30-15-19)25-13-22-27(35-25)21(5-8-29-22)17-3-4-23(18(11-17)14-28)34-20-6-9-33-10-7-20;1-17(2)18(3,4)24-19(23-17)14-5-6-16(13(11-14)12-20)22-15-7-9-21-10-8-15;1-8(19)9-5-12(20-2)14(18-7-9)13-6-11-15(21-13)10(16)3-4-17-11;/h3-5,8,11-13,15,20H,6-7,9-10H2,1-2H3;5-6,11,15H,7-10H2,1-4H3;3-7H,1-2H3;1H. The Kier molecular flexibility index (Phi) is 18.8. The number of nitrogens with zero attached hydrogens (tertiary/aromatic N) is 6. The summed E-state index contributed by atoms with van der Waals surface area (Å²) in [5.74, 6) is 2.83. The number of hydrogen-bond donors (Lipinski definition) is 0. The van der Waals surface area contributed by atoms with Crippen molar-refractivity contribution in [3.63, 3.8) is 0 Å². The molecule has 0 spiro atoms. The molecule has 0 bridgehead atoms. The molecule has 21 heteroatoms. The van der Waals surface area contributed by atoms with Crippen LogP contribution in [0.1, 0.15) is 99.1 Å². The van der Waals surface area contributed by atoms with E-state index in [2.05, 4.69) is 32.1 Å². The number of Topliss-reactive ketones (excluding diaryl/α,β-unsaturated/α-hetero) is 2. The van der Waals surface area contributed by atoms with Gasteiger partial charge in [0.25, 0.3) is 0 Å². The molecule has 9 heterocycles. The number of fused-ring (bicyclic) bond motifs is 2. The summed E-state index contributed by atoms with van der Waals surface area (Å²) in [6.07, 6.45) is 9.74. The number of aromatic nitrogens is 4. The SMILES string of the molecule is CC1(C)OB(c2ccc(OC3CCOCC3)c(C#N)c2)OC1(C)C.COc1cc(C(C)=O)cnc1-c1cc2nccc(-c3ccc(OC4CCOCC4)c(C#N)c3)c2o1.COc1cc(C(C)=O)cnc1-c1cc2nccc(Cl)c2o1.Cl. The molecule has 0 saturated carbocycles. The van der Waals surface area contributed by atoms with Gasteiger partial charge in [0.2, 0.25) is 0 Å². The average Bonchev–Trinajstić information content (AvgIpc) is 4.24. The van der Waals surface area contributed by atoms with Crippen LogP contribution in [0.25, 0.3) is 56.2 Å². The maximum absolute atomic E-state index is 11.7. The van der Waals surface area contributed by atoms with Gasteiger partial charge in [0, 0.05) is 79.3 Å². The zero-order chi connectivity index (χ0) is 56.7. The van der Waals surface area contributed by atoms with Crippen LogP contribution >= 0.6 is 24.0 Å². The van der Waals surface area contributed by atoms with Gasteiger partial charge in [-0.05, 0) is 101 Å². The summed E-state index contributed by atoms with van der Waals surface area (Å²) >= 11 is 6.07. The van der Waals surface area contributed by atoms with E-state index in [0.29, 0.717) is 122 Å². The number of hydrogen-bond acceptors (Lipinski definition) is 18. The number of methoxy groups -OCH3 is 2. The first-order chi connectivity index (χ1) is 38.5. The molecule has 8 aromatic rings. The zero-order valence-corrected chi connectivity index (χ0v) is 47.6. The molecule has 0 atom stereocenters. The summed E-state index contributed by atoms with van der Waals surface area (Å²) in [6, 6.07) is 25.8. The second-order valence-electron chi connectivity index (χ2n) is 20.1. The monoisotopic (exact) mass is 1140 g/mol. The fourth-order valence-corrected chi connectivity index (χ4v) is 9.15. The normalized spacial score (nSPS) is 15.7. The Balaban J connectivity index is 0.000000165. The highest BCUT2D eigenvalue weighted by molar-refractivity contribution is 6.62. The zero-order valence-electron chi connectivity index (χ0n) is 46.0. The van der Waals surface area contributed by atoms with Gasteiger partial charge in [-0.25, -0.2) is 9.97 Å². The Bertz CT molecular complexity index is 3660. The highest BCUT2D eigenvalue weighted by Gasteiger charge is 2.52. The molecular formula is C60H59BCl2N6O12. The minimum Gasteiger partial charge on any atom is -0.494 e. The van der Waals surface area contributed by atoms with Gasteiger partial charge in [-0.15, -0.1) is 12.4 Å². The molecule has 6 aromatic heterocycles. The summed E-state index contributed by atoms with van der Waals surface area (Å²) in [7, 11) is 2.56. The molecule has 0 radical (unpaired) electrons. The first kappa shape index (κ1) is 59.3. The van der Waals surface area contributed by atoms with E-state index in [9.17, 15) is 20.1 Å². The molecule has 3 aliphatic heterocycles. The van der Waals surface area contributed by atoms with Crippen LogP contribution in [0, 0.1) is 22.7 Å². The molecule has 18 nitrogen and oxygen atoms in total. The third kappa shape index (κ3) is 13.3. The van der Waals surface area contributed by atoms with Gasteiger partial charge in [0.1, 0.15) is 69.8 Å². The largest absolute Gasteiger partial charge is 0.494 e. The molecule has 3 saturated heterocycles. The maximum Gasteiger partial charge on any atom is 0.494 e. The van der Waals surface area contributed by atoms with Crippen LogP contribution in [0.2, 0.25) is 5.02 Å². The molecule has 2 aromatic carbocycles. The second-order valence-corrected chi connectivity index (χ2v) is 20.5. The van der Waals surface area contributed by atoms with E-state index < -0.39 is 18.3 Å². The number of carbonyl (C=O) groups excluding carboxylic acids is 2. The van der Waals surface area contributed by atoms with Crippen molar-refractivity contribution < 1.29 is 56.2 Å². The van der Waals surface area contributed by atoms with E-state index in [1.807, 2.05) is 58.0 Å². The van der Waals surface area contributed by atoms with Gasteiger partial charge >= 0.3 is 7.12 Å². The molecule has 0 unspecified atom stereocenters. The fraction of sp³-hybridized carbons (Fsp3) is 0.333. The van der Waals surface area contributed by atoms with E-state index in [1.165, 1.54) is 40.5 Å². The third-order valence-corrected chi connectivity index (χ3v) is 14.5. The number of carbonyl (C=O) groups is 2. The van der Waals surface area contributed by atoms with Crippen molar-refractivity contribution in [3.8, 4) is 69.2 Å². The molecule has 0 N–H and O–H groups in total. The van der Waals surface area contributed by atoms with Crippen molar-refractivity contribution >= 4 is 70.4 Å². The number of halogens is 2. The first-order valence-electron chi connectivity index (χ1n) is 26.0. The third-order valence-electron chi connectivity index (χ3n) is 14.2. The van der Waals surface area contributed by atoms with Crippen LogP contribution in [0.15, 0.2) is 106 Å². The average molecular weight is 1140 g/mol. The van der Waals surface area contributed by atoms with Gasteiger partial charge in [-0.3, -0.25) is 19.6 Å². The number of ketones is 2. The van der Waals surface area contributed by atoms with Gasteiger partial charge in [-0.2, -0.15) is 10.5 Å². The summed E-state index contributed by atoms with van der Waals surface area (Å²) in [5, 5.41) is 19.7. The van der Waals surface area contributed by atoms with Gasteiger partial charge < -0.3 is 46.6 Å². The van der Waals surface area contributed by atoms with Gasteiger partial charge in [0.15, 0.2) is 34.3 Å². The molecule has 11 rings (SSSR count). The van der Waals surface area contributed by atoms with E-state index >= 15 is 0 Å². The topological polar surface area (TPSA) is 233 Å². The lowest BCUT2D eigenvalue weighted by atomic mass is 9.78. The smallest absolute Gasteiger partial charge is 0.494 e. The van der Waals surface area contributed by atoms with Crippen LogP contribution < -0.4 is 24.4 Å². The lowest BCUT2D eigenvalue weighted by molar-refractivity contribution is 0.00578. The van der Waals surface area contributed by atoms with Gasteiger partial charge in [0.05, 0.1) is 68.0 Å². The van der Waals surface area contributed by atoms with Crippen molar-refractivity contribution in [1.82, 2.24) is 19.9 Å². The number of nitriles is 2. The molecular weight excluding hydrogens is 1080 g/mol. The van der Waals surface area contributed by atoms with Crippen LogP contribution in [-0.4, -0.2) is 103 Å². The Labute approximate surface area is 480 Å². The van der Waals surface area contributed by atoms with Crippen molar-refractivity contribution in [2.75, 3.05) is 40.6 Å². The Morgan fingerprint density at radius 3 is 1.57 bits per heavy atom. The Hall–Kier alpha value is -7.88. The molecule has 0 aliphatic carbocycles. The van der Waals surface area contributed by atoms with E-state index in [4.69, 9.17) is 58.2 Å². The molecule has 418 valence electrons. The van der Waals surface area contributed by atoms with Gasteiger partial charge in [-0.1, -0.05) is 23.7 Å². The number of pyridine rings is 4. The minimum absolute atomic E-state index is 0. The maximum atomic E-state index is 11.7. The second kappa shape index (κ2) is 25.7. The Morgan fingerprint density at radius 1 is 0.617 bits per heavy atom. The van der Waals surface area contributed by atoms with Crippen molar-refractivity contribution in [2.24, 2.45) is 0 Å². The van der Waals surface area contributed by atoms with Crippen LogP contribution in [-0.2, 0) is 18.8 Å². The highest BCUT2D eigenvalue weighted by atomic mass is 35.5. The van der Waals surface area contributed by atoms with Crippen molar-refractivity contribution in [2.45, 2.75) is 90.6 Å². The molecule has 3 aliphatic rings. The summed E-state index contributed by atoms with van der Waals surface area (Å²) in [4.78, 5) is 40.4. The first-order valence-corrected chi connectivity index (χ1v) is 26.3. The fourth-order valence-electron chi connectivity index (χ4n) is 8.96.